The van der Waals surface area contributed by atoms with E-state index in [1.165, 1.54) is 58.2 Å². The molecular weight excluding hydrogens is 1570 g/mol. The van der Waals surface area contributed by atoms with Gasteiger partial charge < -0.3 is 8.83 Å². The van der Waals surface area contributed by atoms with Crippen LogP contribution in [0.2, 0.25) is 0 Å². The van der Waals surface area contributed by atoms with Crippen molar-refractivity contribution in [2.75, 3.05) is 0 Å². The summed E-state index contributed by atoms with van der Waals surface area (Å²) in [5.74, 6) is 5.87. The first-order valence-electron chi connectivity index (χ1n) is 42.3. The van der Waals surface area contributed by atoms with Crippen LogP contribution in [0.25, 0.3) is 243 Å². The summed E-state index contributed by atoms with van der Waals surface area (Å²) in [7, 11) is 0. The maximum absolute atomic E-state index is 6.23. The number of para-hydroxylation sites is 2. The third kappa shape index (κ3) is 14.6. The van der Waals surface area contributed by atoms with Crippen molar-refractivity contribution >= 4 is 118 Å². The van der Waals surface area contributed by atoms with Gasteiger partial charge >= 0.3 is 0 Å². The molecule has 0 amide bonds. The summed E-state index contributed by atoms with van der Waals surface area (Å²) in [6, 6.07) is 149. The molecular formula is C115H71N9O2S. The first-order valence-corrected chi connectivity index (χ1v) is 43.1. The zero-order valence-electron chi connectivity index (χ0n) is 68.2. The summed E-state index contributed by atoms with van der Waals surface area (Å²) < 4.78 is 15.0. The molecule has 25 rings (SSSR count). The topological polar surface area (TPSA) is 142 Å². The van der Waals surface area contributed by atoms with E-state index in [1.807, 2.05) is 218 Å². The normalized spacial score (nSPS) is 11.5. The fourth-order valence-corrected chi connectivity index (χ4v) is 18.5. The third-order valence-corrected chi connectivity index (χ3v) is 24.7. The predicted octanol–water partition coefficient (Wildman–Crippen LogP) is 30.4. The maximum Gasteiger partial charge on any atom is 0.164 e. The molecule has 0 saturated heterocycles. The number of rotatable bonds is 12. The van der Waals surface area contributed by atoms with Crippen molar-refractivity contribution in [3.63, 3.8) is 0 Å². The molecule has 0 atom stereocenters. The molecule has 12 heteroatoms. The largest absolute Gasteiger partial charge is 0.456 e. The minimum absolute atomic E-state index is 0.638. The Hall–Kier alpha value is -16.9. The van der Waals surface area contributed by atoms with Gasteiger partial charge in [-0.2, -0.15) is 0 Å². The van der Waals surface area contributed by atoms with Crippen molar-refractivity contribution in [3.05, 3.63) is 431 Å². The van der Waals surface area contributed by atoms with Crippen LogP contribution in [0, 0.1) is 0 Å². The predicted molar refractivity (Wildman–Crippen MR) is 522 cm³/mol. The number of hydrogen-bond acceptors (Lipinski definition) is 12. The average molecular weight is 1640 g/mol. The zero-order chi connectivity index (χ0) is 84.1. The summed E-state index contributed by atoms with van der Waals surface area (Å²) in [6.07, 6.45) is 0. The van der Waals surface area contributed by atoms with E-state index in [-0.39, 0.29) is 0 Å². The molecule has 0 aliphatic carbocycles. The van der Waals surface area contributed by atoms with Crippen LogP contribution >= 0.6 is 11.3 Å². The van der Waals surface area contributed by atoms with Crippen LogP contribution in [0.3, 0.4) is 0 Å². The Morgan fingerprint density at radius 3 is 1.00 bits per heavy atom. The number of nitrogens with zero attached hydrogens (tertiary/aromatic N) is 9. The lowest BCUT2D eigenvalue weighted by molar-refractivity contribution is 0.669. The minimum Gasteiger partial charge on any atom is -0.456 e. The molecule has 0 saturated carbocycles. The second-order valence-corrected chi connectivity index (χ2v) is 32.5. The van der Waals surface area contributed by atoms with E-state index in [0.717, 1.165) is 132 Å². The van der Waals surface area contributed by atoms with E-state index in [4.69, 9.17) is 53.7 Å². The highest BCUT2D eigenvalue weighted by Gasteiger charge is 2.22. The third-order valence-electron chi connectivity index (χ3n) is 23.5. The van der Waals surface area contributed by atoms with Gasteiger partial charge in [0.25, 0.3) is 0 Å². The molecule has 6 heterocycles. The number of fused-ring (bicyclic) bond motifs is 13. The van der Waals surface area contributed by atoms with E-state index < -0.39 is 0 Å². The smallest absolute Gasteiger partial charge is 0.164 e. The highest BCUT2D eigenvalue weighted by atomic mass is 32.1. The molecule has 25 aromatic rings. The molecule has 0 fully saturated rings. The molecule has 0 aliphatic heterocycles. The van der Waals surface area contributed by atoms with Crippen LogP contribution in [-0.4, -0.2) is 44.9 Å². The zero-order valence-corrected chi connectivity index (χ0v) is 69.1. The Balaban J connectivity index is 0.000000109. The van der Waals surface area contributed by atoms with E-state index in [2.05, 4.69) is 224 Å². The van der Waals surface area contributed by atoms with Crippen LogP contribution in [0.5, 0.6) is 0 Å². The number of hydrogen-bond donors (Lipinski definition) is 0. The Bertz CT molecular complexity index is 8350. The van der Waals surface area contributed by atoms with Crippen LogP contribution in [0.4, 0.5) is 0 Å². The van der Waals surface area contributed by atoms with Crippen molar-refractivity contribution in [2.24, 2.45) is 0 Å². The molecule has 594 valence electrons. The molecule has 19 aromatic carbocycles. The lowest BCUT2D eigenvalue weighted by Gasteiger charge is -2.14. The summed E-state index contributed by atoms with van der Waals surface area (Å²) >= 11 is 1.86. The van der Waals surface area contributed by atoms with Crippen molar-refractivity contribution in [3.8, 4) is 136 Å². The first kappa shape index (κ1) is 75.1. The van der Waals surface area contributed by atoms with Crippen molar-refractivity contribution in [2.45, 2.75) is 0 Å². The minimum atomic E-state index is 0.638. The van der Waals surface area contributed by atoms with Gasteiger partial charge in [-0.3, -0.25) is 0 Å². The molecule has 11 nitrogen and oxygen atoms in total. The lowest BCUT2D eigenvalue weighted by Crippen LogP contribution is -2.00. The van der Waals surface area contributed by atoms with Crippen LogP contribution in [-0.2, 0) is 0 Å². The Kier molecular flexibility index (Phi) is 19.2. The Morgan fingerprint density at radius 1 is 0.142 bits per heavy atom. The highest BCUT2D eigenvalue weighted by Crippen LogP contribution is 2.45. The van der Waals surface area contributed by atoms with Crippen molar-refractivity contribution in [1.29, 1.82) is 0 Å². The Labute approximate surface area is 733 Å². The summed E-state index contributed by atoms with van der Waals surface area (Å²) in [6.45, 7) is 0. The molecule has 0 unspecified atom stereocenters. The van der Waals surface area contributed by atoms with Gasteiger partial charge in [-0.15, -0.1) is 11.3 Å². The average Bonchev–Trinajstić information content (AvgIpc) is 1.46. The number of thiophene rings is 1. The van der Waals surface area contributed by atoms with E-state index in [1.54, 1.807) is 0 Å². The second kappa shape index (κ2) is 32.5. The molecule has 0 spiro atoms. The van der Waals surface area contributed by atoms with Gasteiger partial charge in [-0.1, -0.05) is 352 Å². The molecule has 6 aromatic heterocycles. The molecule has 0 radical (unpaired) electrons. The SMILES string of the molecule is c1ccc(-c2nc(-c3ccccc3)nc(-c3ccc(-c4cccc5cc6sc7ccccc7c6cc45)c4ccccc34)n2)cc1.c1ccc(-c2nc(-c3ccccc3)nc(-c3cccc(-c4ccc5cc6c(cc5c4)oc4ccccc46)c3)n2)cc1.c1ccc(-c2nc(-c3ccccc3)nc(-c3cccc(-c4cccc5cc6c(cc45)oc4ccccc46)c3)n2)cc1. The molecule has 0 aliphatic rings. The van der Waals surface area contributed by atoms with Gasteiger partial charge in [-0.05, 0) is 155 Å². The van der Waals surface area contributed by atoms with Gasteiger partial charge in [0.1, 0.15) is 22.3 Å². The fraction of sp³-hybridized carbons (Fsp3) is 0. The highest BCUT2D eigenvalue weighted by molar-refractivity contribution is 7.25. The summed E-state index contributed by atoms with van der Waals surface area (Å²) in [5, 5.41) is 16.6. The number of aromatic nitrogens is 9. The van der Waals surface area contributed by atoms with Gasteiger partial charge in [-0.25, -0.2) is 44.9 Å². The van der Waals surface area contributed by atoms with E-state index >= 15 is 0 Å². The fourth-order valence-electron chi connectivity index (χ4n) is 17.3. The van der Waals surface area contributed by atoms with Crippen LogP contribution < -0.4 is 0 Å². The quantitative estimate of drug-likeness (QED) is 0.115. The monoisotopic (exact) mass is 1640 g/mol. The molecule has 0 N–H and O–H groups in total. The summed E-state index contributed by atoms with van der Waals surface area (Å²) in [5.41, 5.74) is 19.0. The van der Waals surface area contributed by atoms with Crippen molar-refractivity contribution in [1.82, 2.24) is 44.9 Å². The van der Waals surface area contributed by atoms with E-state index in [9.17, 15) is 0 Å². The maximum atomic E-state index is 6.23. The lowest BCUT2D eigenvalue weighted by atomic mass is 9.91. The second-order valence-electron chi connectivity index (χ2n) is 31.4. The van der Waals surface area contributed by atoms with Crippen LogP contribution in [0.15, 0.2) is 440 Å². The Morgan fingerprint density at radius 2 is 0.488 bits per heavy atom. The van der Waals surface area contributed by atoms with Gasteiger partial charge in [0.05, 0.1) is 0 Å². The standard InChI is InChI=1S/C41H25N3S.2C37H23N3O/c1-3-12-26(13-4-1)39-42-40(27-14-5-2-6-15-27)44-41(43-39)34-23-22-32(29-17-7-8-18-30(29)34)31-20-11-16-28-24-38-36(25-35(28)31)33-19-9-10-21-37(33)45-38;1-3-11-24(12-4-1)35-38-36(25-13-5-2-6-14-25)40-37(39-35)28-17-9-15-26(21-28)29-19-10-16-27-22-32-30-18-7-8-20-33(30)41-34(32)23-31(27)29;1-3-10-24(11-4-1)35-38-36(25-12-5-2-6-13-25)40-37(39-35)29-15-9-14-26(20-29)27-18-19-28-22-32-31-16-7-8-17-33(31)41-34(32)23-30(28)21-27/h1-25H;2*1-23H. The number of furan rings is 2. The van der Waals surface area contributed by atoms with Gasteiger partial charge in [0.15, 0.2) is 52.4 Å². The first-order chi connectivity index (χ1) is 62.9. The van der Waals surface area contributed by atoms with Crippen LogP contribution in [0.1, 0.15) is 0 Å². The molecule has 0 bridgehead atoms. The van der Waals surface area contributed by atoms with Gasteiger partial charge in [0, 0.05) is 91.8 Å². The number of benzene rings is 19. The van der Waals surface area contributed by atoms with Crippen molar-refractivity contribution < 1.29 is 8.83 Å². The van der Waals surface area contributed by atoms with E-state index in [0.29, 0.717) is 52.4 Å². The summed E-state index contributed by atoms with van der Waals surface area (Å²) in [4.78, 5) is 44.3. The molecule has 127 heavy (non-hydrogen) atoms. The van der Waals surface area contributed by atoms with Gasteiger partial charge in [0.2, 0.25) is 0 Å².